The Morgan fingerprint density at radius 1 is 1.41 bits per heavy atom. The second-order valence-corrected chi connectivity index (χ2v) is 4.32. The number of nitrogens with zero attached hydrogens (tertiary/aromatic N) is 4. The molecule has 7 heteroatoms. The standard InChI is InChI=1S/C10H10BrN5O/c1-16-9(13-14-15-16)6-12-10(17)7-2-4-8(11)5-3-7/h2-5H,6H2,1H3,(H,12,17). The van der Waals surface area contributed by atoms with E-state index in [4.69, 9.17) is 0 Å². The molecule has 1 aromatic heterocycles. The number of tetrazole rings is 1. The lowest BCUT2D eigenvalue weighted by Crippen LogP contribution is -2.24. The van der Waals surface area contributed by atoms with Crippen LogP contribution in [0, 0.1) is 0 Å². The molecule has 1 aromatic carbocycles. The fourth-order valence-corrected chi connectivity index (χ4v) is 1.52. The molecule has 0 fully saturated rings. The van der Waals surface area contributed by atoms with Crippen molar-refractivity contribution in [1.29, 1.82) is 0 Å². The van der Waals surface area contributed by atoms with E-state index in [1.165, 1.54) is 4.68 Å². The summed E-state index contributed by atoms with van der Waals surface area (Å²) in [5.74, 6) is 0.455. The molecule has 0 aliphatic rings. The lowest BCUT2D eigenvalue weighted by atomic mass is 10.2. The quantitative estimate of drug-likeness (QED) is 0.913. The van der Waals surface area contributed by atoms with Crippen LogP contribution in [0.5, 0.6) is 0 Å². The molecular formula is C10H10BrN5O. The summed E-state index contributed by atoms with van der Waals surface area (Å²) in [5, 5.41) is 13.7. The van der Waals surface area contributed by atoms with Crippen molar-refractivity contribution in [1.82, 2.24) is 25.5 Å². The number of hydrogen-bond acceptors (Lipinski definition) is 4. The van der Waals surface area contributed by atoms with Crippen LogP contribution in [-0.2, 0) is 13.6 Å². The monoisotopic (exact) mass is 295 g/mol. The number of nitrogens with one attached hydrogen (secondary N) is 1. The summed E-state index contributed by atoms with van der Waals surface area (Å²) in [5.41, 5.74) is 0.600. The first kappa shape index (κ1) is 11.7. The third-order valence-electron chi connectivity index (χ3n) is 2.22. The number of aromatic nitrogens is 4. The van der Waals surface area contributed by atoms with Crippen LogP contribution < -0.4 is 5.32 Å². The van der Waals surface area contributed by atoms with Crippen molar-refractivity contribution in [3.63, 3.8) is 0 Å². The van der Waals surface area contributed by atoms with Crippen molar-refractivity contribution in [3.05, 3.63) is 40.1 Å². The molecule has 6 nitrogen and oxygen atoms in total. The van der Waals surface area contributed by atoms with E-state index in [1.807, 2.05) is 12.1 Å². The largest absolute Gasteiger partial charge is 0.345 e. The van der Waals surface area contributed by atoms with Crippen LogP contribution in [0.2, 0.25) is 0 Å². The molecule has 0 radical (unpaired) electrons. The van der Waals surface area contributed by atoms with Crippen molar-refractivity contribution in [2.45, 2.75) is 6.54 Å². The average molecular weight is 296 g/mol. The van der Waals surface area contributed by atoms with E-state index in [9.17, 15) is 4.79 Å². The molecule has 0 atom stereocenters. The van der Waals surface area contributed by atoms with Crippen LogP contribution in [0.4, 0.5) is 0 Å². The Hall–Kier alpha value is -1.76. The Morgan fingerprint density at radius 3 is 2.71 bits per heavy atom. The van der Waals surface area contributed by atoms with Gasteiger partial charge in [-0.15, -0.1) is 5.10 Å². The van der Waals surface area contributed by atoms with Gasteiger partial charge in [-0.25, -0.2) is 4.68 Å². The Bertz CT molecular complexity index is 522. The minimum atomic E-state index is -0.152. The van der Waals surface area contributed by atoms with Crippen LogP contribution in [0.25, 0.3) is 0 Å². The van der Waals surface area contributed by atoms with E-state index in [1.54, 1.807) is 19.2 Å². The van der Waals surface area contributed by atoms with Crippen molar-refractivity contribution in [2.24, 2.45) is 7.05 Å². The molecule has 0 aliphatic carbocycles. The summed E-state index contributed by atoms with van der Waals surface area (Å²) in [7, 11) is 1.72. The number of amides is 1. The summed E-state index contributed by atoms with van der Waals surface area (Å²) in [4.78, 5) is 11.8. The molecule has 17 heavy (non-hydrogen) atoms. The van der Waals surface area contributed by atoms with Gasteiger partial charge in [0.1, 0.15) is 0 Å². The zero-order valence-corrected chi connectivity index (χ0v) is 10.7. The van der Waals surface area contributed by atoms with Crippen LogP contribution in [0.1, 0.15) is 16.2 Å². The van der Waals surface area contributed by atoms with Crippen molar-refractivity contribution >= 4 is 21.8 Å². The first-order valence-corrected chi connectivity index (χ1v) is 5.71. The number of carbonyl (C=O) groups excluding carboxylic acids is 1. The minimum Gasteiger partial charge on any atom is -0.345 e. The van der Waals surface area contributed by atoms with Gasteiger partial charge in [-0.1, -0.05) is 15.9 Å². The van der Waals surface area contributed by atoms with Gasteiger partial charge < -0.3 is 5.32 Å². The fourth-order valence-electron chi connectivity index (χ4n) is 1.26. The summed E-state index contributed by atoms with van der Waals surface area (Å²) < 4.78 is 2.45. The van der Waals surface area contributed by atoms with Gasteiger partial charge in [0, 0.05) is 17.1 Å². The smallest absolute Gasteiger partial charge is 0.251 e. The normalized spacial score (nSPS) is 10.2. The van der Waals surface area contributed by atoms with Crippen LogP contribution in [0.15, 0.2) is 28.7 Å². The van der Waals surface area contributed by atoms with Crippen LogP contribution in [0.3, 0.4) is 0 Å². The number of aryl methyl sites for hydroxylation is 1. The second-order valence-electron chi connectivity index (χ2n) is 3.41. The highest BCUT2D eigenvalue weighted by Crippen LogP contribution is 2.10. The predicted octanol–water partition coefficient (Wildman–Crippen LogP) is 0.903. The van der Waals surface area contributed by atoms with Gasteiger partial charge in [0.15, 0.2) is 5.82 Å². The SMILES string of the molecule is Cn1nnnc1CNC(=O)c1ccc(Br)cc1. The number of benzene rings is 1. The Balaban J connectivity index is 1.98. The second kappa shape index (κ2) is 5.05. The molecule has 88 valence electrons. The molecular weight excluding hydrogens is 286 g/mol. The summed E-state index contributed by atoms with van der Waals surface area (Å²) in [6, 6.07) is 7.13. The van der Waals surface area contributed by atoms with Gasteiger partial charge in [0.2, 0.25) is 0 Å². The fraction of sp³-hybridized carbons (Fsp3) is 0.200. The zero-order chi connectivity index (χ0) is 12.3. The molecule has 0 bridgehead atoms. The van der Waals surface area contributed by atoms with Gasteiger partial charge in [-0.3, -0.25) is 4.79 Å². The number of carbonyl (C=O) groups is 1. The van der Waals surface area contributed by atoms with Crippen molar-refractivity contribution in [2.75, 3.05) is 0 Å². The van der Waals surface area contributed by atoms with Crippen molar-refractivity contribution in [3.8, 4) is 0 Å². The number of halogens is 1. The first-order chi connectivity index (χ1) is 8.16. The topological polar surface area (TPSA) is 72.7 Å². The van der Waals surface area contributed by atoms with E-state index in [2.05, 4.69) is 36.8 Å². The van der Waals surface area contributed by atoms with E-state index in [-0.39, 0.29) is 5.91 Å². The summed E-state index contributed by atoms with van der Waals surface area (Å²) in [6.07, 6.45) is 0. The van der Waals surface area contributed by atoms with Gasteiger partial charge in [-0.05, 0) is 34.7 Å². The molecule has 0 saturated heterocycles. The summed E-state index contributed by atoms with van der Waals surface area (Å²) >= 11 is 3.31. The average Bonchev–Trinajstić information content (AvgIpc) is 2.73. The summed E-state index contributed by atoms with van der Waals surface area (Å²) in [6.45, 7) is 0.304. The minimum absolute atomic E-state index is 0.152. The molecule has 1 N–H and O–H groups in total. The van der Waals surface area contributed by atoms with Crippen LogP contribution in [-0.4, -0.2) is 26.1 Å². The maximum absolute atomic E-state index is 11.8. The molecule has 2 rings (SSSR count). The van der Waals surface area contributed by atoms with Crippen molar-refractivity contribution < 1.29 is 4.79 Å². The molecule has 0 saturated carbocycles. The molecule has 1 heterocycles. The van der Waals surface area contributed by atoms with Gasteiger partial charge in [0.05, 0.1) is 6.54 Å². The first-order valence-electron chi connectivity index (χ1n) is 4.92. The zero-order valence-electron chi connectivity index (χ0n) is 9.09. The maximum atomic E-state index is 11.8. The third-order valence-corrected chi connectivity index (χ3v) is 2.75. The Kier molecular flexibility index (Phi) is 3.48. The highest BCUT2D eigenvalue weighted by molar-refractivity contribution is 9.10. The van der Waals surface area contributed by atoms with E-state index in [0.29, 0.717) is 17.9 Å². The van der Waals surface area contributed by atoms with E-state index >= 15 is 0 Å². The van der Waals surface area contributed by atoms with Gasteiger partial charge >= 0.3 is 0 Å². The highest BCUT2D eigenvalue weighted by atomic mass is 79.9. The van der Waals surface area contributed by atoms with Crippen LogP contribution >= 0.6 is 15.9 Å². The maximum Gasteiger partial charge on any atom is 0.251 e. The Labute approximate surface area is 106 Å². The molecule has 0 unspecified atom stereocenters. The van der Waals surface area contributed by atoms with E-state index in [0.717, 1.165) is 4.47 Å². The predicted molar refractivity (Wildman–Crippen MR) is 64.1 cm³/mol. The number of hydrogen-bond donors (Lipinski definition) is 1. The molecule has 1 amide bonds. The Morgan fingerprint density at radius 2 is 2.12 bits per heavy atom. The third kappa shape index (κ3) is 2.88. The highest BCUT2D eigenvalue weighted by Gasteiger charge is 2.07. The molecule has 2 aromatic rings. The lowest BCUT2D eigenvalue weighted by molar-refractivity contribution is 0.0949. The van der Waals surface area contributed by atoms with E-state index < -0.39 is 0 Å². The van der Waals surface area contributed by atoms with Gasteiger partial charge in [-0.2, -0.15) is 0 Å². The molecule has 0 spiro atoms. The molecule has 0 aliphatic heterocycles. The van der Waals surface area contributed by atoms with Gasteiger partial charge in [0.25, 0.3) is 5.91 Å². The number of rotatable bonds is 3. The lowest BCUT2D eigenvalue weighted by Gasteiger charge is -2.03.